The van der Waals surface area contributed by atoms with Gasteiger partial charge in [0.15, 0.2) is 0 Å². The van der Waals surface area contributed by atoms with Gasteiger partial charge in [0.25, 0.3) is 0 Å². The van der Waals surface area contributed by atoms with Crippen molar-refractivity contribution in [2.75, 3.05) is 12.8 Å². The first-order chi connectivity index (χ1) is 16.0. The van der Waals surface area contributed by atoms with Crippen molar-refractivity contribution >= 4 is 35.2 Å². The van der Waals surface area contributed by atoms with Gasteiger partial charge in [-0.1, -0.05) is 78.3 Å². The zero-order chi connectivity index (χ0) is 23.6. The Hall–Kier alpha value is -2.76. The van der Waals surface area contributed by atoms with Crippen molar-refractivity contribution in [3.63, 3.8) is 0 Å². The van der Waals surface area contributed by atoms with Crippen molar-refractivity contribution in [3.05, 3.63) is 106 Å². The van der Waals surface area contributed by atoms with Gasteiger partial charge in [-0.15, -0.1) is 11.8 Å². The number of benzene rings is 3. The number of carbonyl (C=O) groups is 2. The molecule has 3 aromatic carbocycles. The minimum Gasteiger partial charge on any atom is -0.357 e. The highest BCUT2D eigenvalue weighted by atomic mass is 35.5. The van der Waals surface area contributed by atoms with Crippen LogP contribution in [0.25, 0.3) is 0 Å². The minimum absolute atomic E-state index is 0.0712. The molecule has 1 N–H and O–H groups in total. The summed E-state index contributed by atoms with van der Waals surface area (Å²) in [4.78, 5) is 28.1. The molecule has 1 atom stereocenters. The Morgan fingerprint density at radius 2 is 1.67 bits per heavy atom. The number of thioether (sulfide) groups is 1. The van der Waals surface area contributed by atoms with E-state index in [0.717, 1.165) is 16.9 Å². The van der Waals surface area contributed by atoms with E-state index in [1.54, 1.807) is 29.8 Å². The van der Waals surface area contributed by atoms with Crippen molar-refractivity contribution in [2.45, 2.75) is 31.7 Å². The molecule has 2 amide bonds. The summed E-state index contributed by atoms with van der Waals surface area (Å²) in [6, 6.07) is 24.8. The van der Waals surface area contributed by atoms with Gasteiger partial charge in [0.05, 0.1) is 5.75 Å². The summed E-state index contributed by atoms with van der Waals surface area (Å²) in [7, 11) is 1.61. The molecule has 4 nitrogen and oxygen atoms in total. The highest BCUT2D eigenvalue weighted by Crippen LogP contribution is 2.21. The molecule has 0 aliphatic carbocycles. The Morgan fingerprint density at radius 3 is 2.36 bits per heavy atom. The lowest BCUT2D eigenvalue weighted by atomic mass is 10.0. The SMILES string of the molecule is CNC(=O)C(Cc1ccccc1)N(Cc1cccc(Cl)c1)C(=O)CSCc1ccccc1C. The minimum atomic E-state index is -0.622. The summed E-state index contributed by atoms with van der Waals surface area (Å²) in [6.07, 6.45) is 0.440. The van der Waals surface area contributed by atoms with Crippen LogP contribution in [0.3, 0.4) is 0 Å². The first kappa shape index (κ1) is 24.9. The van der Waals surface area contributed by atoms with Crippen LogP contribution in [-0.4, -0.2) is 35.6 Å². The summed E-state index contributed by atoms with van der Waals surface area (Å²) in [5, 5.41) is 3.35. The van der Waals surface area contributed by atoms with Crippen LogP contribution in [0.4, 0.5) is 0 Å². The number of hydrogen-bond acceptors (Lipinski definition) is 3. The predicted molar refractivity (Wildman–Crippen MR) is 137 cm³/mol. The quantitative estimate of drug-likeness (QED) is 0.430. The van der Waals surface area contributed by atoms with Gasteiger partial charge in [0, 0.05) is 30.8 Å². The zero-order valence-corrected chi connectivity index (χ0v) is 20.5. The molecule has 0 saturated carbocycles. The molecule has 0 bridgehead atoms. The fraction of sp³-hybridized carbons (Fsp3) is 0.259. The third-order valence-electron chi connectivity index (χ3n) is 5.50. The molecule has 0 fully saturated rings. The molecule has 0 saturated heterocycles. The lowest BCUT2D eigenvalue weighted by Gasteiger charge is -2.31. The molecule has 172 valence electrons. The molecule has 0 radical (unpaired) electrons. The van der Waals surface area contributed by atoms with Gasteiger partial charge < -0.3 is 10.2 Å². The lowest BCUT2D eigenvalue weighted by molar-refractivity contribution is -0.139. The maximum absolute atomic E-state index is 13.5. The van der Waals surface area contributed by atoms with Crippen LogP contribution in [0.15, 0.2) is 78.9 Å². The van der Waals surface area contributed by atoms with Gasteiger partial charge in [-0.05, 0) is 41.3 Å². The molecule has 33 heavy (non-hydrogen) atoms. The topological polar surface area (TPSA) is 49.4 Å². The second-order valence-corrected chi connectivity index (χ2v) is 9.31. The van der Waals surface area contributed by atoms with Crippen molar-refractivity contribution in [1.29, 1.82) is 0 Å². The molecule has 0 aliphatic rings. The number of amides is 2. The fourth-order valence-electron chi connectivity index (χ4n) is 3.66. The van der Waals surface area contributed by atoms with Crippen LogP contribution in [0.1, 0.15) is 22.3 Å². The monoisotopic (exact) mass is 480 g/mol. The van der Waals surface area contributed by atoms with Crippen molar-refractivity contribution < 1.29 is 9.59 Å². The van der Waals surface area contributed by atoms with Crippen LogP contribution >= 0.6 is 23.4 Å². The number of likely N-dealkylation sites (N-methyl/N-ethyl adjacent to an activating group) is 1. The molecule has 0 aliphatic heterocycles. The first-order valence-electron chi connectivity index (χ1n) is 10.9. The standard InChI is InChI=1S/C27H29ClN2O2S/c1-20-9-6-7-13-23(20)18-33-19-26(31)30(17-22-12-8-14-24(28)15-22)25(27(32)29-2)16-21-10-4-3-5-11-21/h3-15,25H,16-19H2,1-2H3,(H,29,32). The maximum atomic E-state index is 13.5. The smallest absolute Gasteiger partial charge is 0.242 e. The highest BCUT2D eigenvalue weighted by molar-refractivity contribution is 7.99. The molecule has 0 aromatic heterocycles. The number of aryl methyl sites for hydroxylation is 1. The number of carbonyl (C=O) groups excluding carboxylic acids is 2. The maximum Gasteiger partial charge on any atom is 0.242 e. The summed E-state index contributed by atoms with van der Waals surface area (Å²) in [5.41, 5.74) is 4.31. The molecule has 0 heterocycles. The van der Waals surface area contributed by atoms with E-state index in [-0.39, 0.29) is 17.6 Å². The molecule has 0 spiro atoms. The van der Waals surface area contributed by atoms with E-state index in [1.165, 1.54) is 11.1 Å². The van der Waals surface area contributed by atoms with Crippen molar-refractivity contribution in [3.8, 4) is 0 Å². The lowest BCUT2D eigenvalue weighted by Crippen LogP contribution is -2.50. The van der Waals surface area contributed by atoms with E-state index < -0.39 is 6.04 Å². The van der Waals surface area contributed by atoms with Crippen LogP contribution in [0.5, 0.6) is 0 Å². The molecule has 6 heteroatoms. The number of hydrogen-bond donors (Lipinski definition) is 1. The Morgan fingerprint density at radius 1 is 0.970 bits per heavy atom. The summed E-state index contributed by atoms with van der Waals surface area (Å²) < 4.78 is 0. The van der Waals surface area contributed by atoms with Crippen LogP contribution < -0.4 is 5.32 Å². The molecule has 3 aromatic rings. The van der Waals surface area contributed by atoms with E-state index in [0.29, 0.717) is 18.0 Å². The summed E-state index contributed by atoms with van der Waals surface area (Å²) >= 11 is 7.75. The van der Waals surface area contributed by atoms with Gasteiger partial charge in [-0.3, -0.25) is 9.59 Å². The van der Waals surface area contributed by atoms with Gasteiger partial charge >= 0.3 is 0 Å². The van der Waals surface area contributed by atoms with Gasteiger partial charge in [0.1, 0.15) is 6.04 Å². The van der Waals surface area contributed by atoms with E-state index in [1.807, 2.05) is 60.7 Å². The van der Waals surface area contributed by atoms with Crippen molar-refractivity contribution in [2.24, 2.45) is 0 Å². The first-order valence-corrected chi connectivity index (χ1v) is 12.4. The summed E-state index contributed by atoms with van der Waals surface area (Å²) in [6.45, 7) is 2.39. The highest BCUT2D eigenvalue weighted by Gasteiger charge is 2.29. The van der Waals surface area contributed by atoms with Crippen LogP contribution in [0.2, 0.25) is 5.02 Å². The number of rotatable bonds is 10. The van der Waals surface area contributed by atoms with Gasteiger partial charge in [-0.25, -0.2) is 0 Å². The third-order valence-corrected chi connectivity index (χ3v) is 6.71. The second kappa shape index (κ2) is 12.5. The van der Waals surface area contributed by atoms with E-state index in [4.69, 9.17) is 11.6 Å². The average molecular weight is 481 g/mol. The number of nitrogens with zero attached hydrogens (tertiary/aromatic N) is 1. The Kier molecular flexibility index (Phi) is 9.40. The van der Waals surface area contributed by atoms with Gasteiger partial charge in [0.2, 0.25) is 11.8 Å². The molecule has 3 rings (SSSR count). The molecular formula is C27H29ClN2O2S. The van der Waals surface area contributed by atoms with Gasteiger partial charge in [-0.2, -0.15) is 0 Å². The van der Waals surface area contributed by atoms with Crippen LogP contribution in [-0.2, 0) is 28.3 Å². The normalized spacial score (nSPS) is 11.6. The Bertz CT molecular complexity index is 1070. The third kappa shape index (κ3) is 7.37. The summed E-state index contributed by atoms with van der Waals surface area (Å²) in [5.74, 6) is 0.778. The fourth-order valence-corrected chi connectivity index (χ4v) is 4.86. The Labute approximate surface area is 205 Å². The van der Waals surface area contributed by atoms with E-state index >= 15 is 0 Å². The van der Waals surface area contributed by atoms with Crippen LogP contribution in [0, 0.1) is 6.92 Å². The van der Waals surface area contributed by atoms with E-state index in [2.05, 4.69) is 24.4 Å². The largest absolute Gasteiger partial charge is 0.357 e. The Balaban J connectivity index is 1.81. The zero-order valence-electron chi connectivity index (χ0n) is 19.0. The second-order valence-electron chi connectivity index (χ2n) is 7.89. The molecular weight excluding hydrogens is 452 g/mol. The average Bonchev–Trinajstić information content (AvgIpc) is 2.82. The number of nitrogens with one attached hydrogen (secondary N) is 1. The van der Waals surface area contributed by atoms with Crippen molar-refractivity contribution in [1.82, 2.24) is 10.2 Å². The number of halogens is 1. The predicted octanol–water partition coefficient (Wildman–Crippen LogP) is 5.27. The molecule has 1 unspecified atom stereocenters. The van der Waals surface area contributed by atoms with E-state index in [9.17, 15) is 9.59 Å².